The van der Waals surface area contributed by atoms with Crippen LogP contribution in [0.3, 0.4) is 0 Å². The zero-order valence-electron chi connectivity index (χ0n) is 16.3. The van der Waals surface area contributed by atoms with Crippen molar-refractivity contribution in [2.45, 2.75) is 26.2 Å². The van der Waals surface area contributed by atoms with Gasteiger partial charge in [0, 0.05) is 12.3 Å². The van der Waals surface area contributed by atoms with Gasteiger partial charge >= 0.3 is 0 Å². The van der Waals surface area contributed by atoms with Gasteiger partial charge in [0.15, 0.2) is 5.65 Å². The van der Waals surface area contributed by atoms with Crippen molar-refractivity contribution in [3.05, 3.63) is 54.2 Å². The maximum Gasteiger partial charge on any atom is 0.253 e. The Labute approximate surface area is 163 Å². The molecule has 1 atom stereocenters. The van der Waals surface area contributed by atoms with E-state index in [9.17, 15) is 4.79 Å². The highest BCUT2D eigenvalue weighted by atomic mass is 16.5. The number of benzene rings is 1. The molecule has 0 saturated heterocycles. The lowest BCUT2D eigenvalue weighted by Crippen LogP contribution is -2.44. The van der Waals surface area contributed by atoms with Crippen LogP contribution in [-0.2, 0) is 10.2 Å². The third-order valence-electron chi connectivity index (χ3n) is 5.16. The molecule has 3 rings (SSSR count). The molecule has 0 aliphatic heterocycles. The molecule has 3 aromatic rings. The van der Waals surface area contributed by atoms with Crippen molar-refractivity contribution in [1.29, 1.82) is 0 Å². The van der Waals surface area contributed by atoms with Gasteiger partial charge in [-0.1, -0.05) is 26.0 Å². The molecule has 1 amide bonds. The minimum Gasteiger partial charge on any atom is -0.481 e. The lowest BCUT2D eigenvalue weighted by molar-refractivity contribution is -0.136. The van der Waals surface area contributed by atoms with Crippen LogP contribution in [0.15, 0.2) is 48.7 Å². The van der Waals surface area contributed by atoms with Crippen LogP contribution in [0.4, 0.5) is 0 Å². The van der Waals surface area contributed by atoms with Gasteiger partial charge in [-0.15, -0.1) is 0 Å². The highest BCUT2D eigenvalue weighted by molar-refractivity contribution is 5.87. The number of hydrogen-bond donors (Lipinski definition) is 2. The molecule has 0 radical (unpaired) electrons. The van der Waals surface area contributed by atoms with Gasteiger partial charge in [-0.3, -0.25) is 10.0 Å². The fraction of sp³-hybridized carbons (Fsp3) is 0.286. The summed E-state index contributed by atoms with van der Waals surface area (Å²) in [7, 11) is 1.55. The van der Waals surface area contributed by atoms with Crippen LogP contribution in [0.5, 0.6) is 17.4 Å². The Morgan fingerprint density at radius 3 is 2.46 bits per heavy atom. The second-order valence-electron chi connectivity index (χ2n) is 6.96. The molecule has 1 unspecified atom stereocenters. The molecule has 28 heavy (non-hydrogen) atoms. The molecule has 0 spiro atoms. The number of pyridine rings is 2. The summed E-state index contributed by atoms with van der Waals surface area (Å²) in [4.78, 5) is 20.8. The van der Waals surface area contributed by atoms with Gasteiger partial charge < -0.3 is 9.47 Å². The van der Waals surface area contributed by atoms with Gasteiger partial charge in [0.05, 0.1) is 17.9 Å². The van der Waals surface area contributed by atoms with E-state index in [-0.39, 0.29) is 5.92 Å². The minimum absolute atomic E-state index is 0.0170. The van der Waals surface area contributed by atoms with Gasteiger partial charge in [-0.2, -0.15) is 4.98 Å². The minimum atomic E-state index is -0.864. The average Bonchev–Trinajstić information content (AvgIpc) is 2.72. The molecule has 7 nitrogen and oxygen atoms in total. The van der Waals surface area contributed by atoms with E-state index in [0.717, 1.165) is 10.9 Å². The van der Waals surface area contributed by atoms with Gasteiger partial charge in [-0.25, -0.2) is 10.5 Å². The monoisotopic (exact) mass is 381 g/mol. The largest absolute Gasteiger partial charge is 0.481 e. The molecule has 2 heterocycles. The van der Waals surface area contributed by atoms with E-state index >= 15 is 0 Å². The van der Waals surface area contributed by atoms with Crippen LogP contribution in [0, 0.1) is 5.92 Å². The van der Waals surface area contributed by atoms with E-state index in [1.54, 1.807) is 50.0 Å². The molecule has 146 valence electrons. The number of nitrogens with one attached hydrogen (secondary N) is 1. The summed E-state index contributed by atoms with van der Waals surface area (Å²) in [5.41, 5.74) is 2.22. The van der Waals surface area contributed by atoms with Gasteiger partial charge in [-0.05, 0) is 42.7 Å². The fourth-order valence-electron chi connectivity index (χ4n) is 3.03. The first kappa shape index (κ1) is 19.6. The molecular formula is C21H23N3O4. The number of amides is 1. The van der Waals surface area contributed by atoms with Crippen LogP contribution in [0.2, 0.25) is 0 Å². The number of carbonyl (C=O) groups excluding carboxylic acids is 1. The molecule has 0 bridgehead atoms. The average molecular weight is 381 g/mol. The molecule has 1 aromatic carbocycles. The SMILES string of the molecule is COc1ccc2c(Oc3ccc(C(C)(C(=O)NO)C(C)C)cc3)ccnc2n1. The standard InChI is InChI=1S/C21H23N3O4/c1-13(2)21(3,20(25)24-26)14-5-7-15(8-6-14)28-17-11-12-22-19-16(17)9-10-18(23-19)27-4/h5-13,26H,1-4H3,(H,24,25). The normalized spacial score (nSPS) is 13.2. The zero-order chi connectivity index (χ0) is 20.3. The van der Waals surface area contributed by atoms with Crippen molar-refractivity contribution in [2.75, 3.05) is 7.11 Å². The van der Waals surface area contributed by atoms with E-state index in [2.05, 4.69) is 9.97 Å². The Morgan fingerprint density at radius 1 is 1.14 bits per heavy atom. The Morgan fingerprint density at radius 2 is 1.86 bits per heavy atom. The Hall–Kier alpha value is -3.19. The fourth-order valence-corrected chi connectivity index (χ4v) is 3.03. The van der Waals surface area contributed by atoms with Crippen LogP contribution < -0.4 is 15.0 Å². The first-order valence-corrected chi connectivity index (χ1v) is 8.92. The van der Waals surface area contributed by atoms with E-state index in [1.165, 1.54) is 0 Å². The zero-order valence-corrected chi connectivity index (χ0v) is 16.3. The predicted octanol–water partition coefficient (Wildman–Crippen LogP) is 3.85. The molecular weight excluding hydrogens is 358 g/mol. The van der Waals surface area contributed by atoms with Crippen LogP contribution in [0.1, 0.15) is 26.3 Å². The highest BCUT2D eigenvalue weighted by Gasteiger charge is 2.38. The second-order valence-corrected chi connectivity index (χ2v) is 6.96. The molecule has 0 aliphatic rings. The van der Waals surface area contributed by atoms with Crippen LogP contribution in [-0.4, -0.2) is 28.2 Å². The number of hydroxylamine groups is 1. The third-order valence-corrected chi connectivity index (χ3v) is 5.16. The van der Waals surface area contributed by atoms with Crippen molar-refractivity contribution < 1.29 is 19.5 Å². The van der Waals surface area contributed by atoms with Crippen molar-refractivity contribution in [3.63, 3.8) is 0 Å². The maximum atomic E-state index is 12.2. The van der Waals surface area contributed by atoms with Crippen molar-refractivity contribution >= 4 is 16.9 Å². The Balaban J connectivity index is 1.91. The number of ether oxygens (including phenoxy) is 2. The number of fused-ring (bicyclic) bond motifs is 1. The quantitative estimate of drug-likeness (QED) is 0.498. The van der Waals surface area contributed by atoms with Crippen molar-refractivity contribution in [3.8, 4) is 17.4 Å². The molecule has 2 aromatic heterocycles. The van der Waals surface area contributed by atoms with Gasteiger partial charge in [0.25, 0.3) is 5.91 Å². The highest BCUT2D eigenvalue weighted by Crippen LogP contribution is 2.35. The van der Waals surface area contributed by atoms with Crippen LogP contribution >= 0.6 is 0 Å². The molecule has 0 fully saturated rings. The lowest BCUT2D eigenvalue weighted by atomic mass is 9.73. The smallest absolute Gasteiger partial charge is 0.253 e. The summed E-state index contributed by atoms with van der Waals surface area (Å²) >= 11 is 0. The molecule has 2 N–H and O–H groups in total. The summed E-state index contributed by atoms with van der Waals surface area (Å²) in [6, 6.07) is 12.6. The van der Waals surface area contributed by atoms with E-state index in [4.69, 9.17) is 14.7 Å². The van der Waals surface area contributed by atoms with E-state index in [0.29, 0.717) is 23.0 Å². The summed E-state index contributed by atoms with van der Waals surface area (Å²) in [6.45, 7) is 5.67. The Bertz CT molecular complexity index is 989. The third kappa shape index (κ3) is 3.48. The number of aromatic nitrogens is 2. The summed E-state index contributed by atoms with van der Waals surface area (Å²) in [6.07, 6.45) is 1.62. The van der Waals surface area contributed by atoms with Crippen LogP contribution in [0.25, 0.3) is 11.0 Å². The number of rotatable bonds is 6. The van der Waals surface area contributed by atoms with E-state index in [1.807, 2.05) is 32.0 Å². The van der Waals surface area contributed by atoms with Gasteiger partial charge in [0.2, 0.25) is 5.88 Å². The van der Waals surface area contributed by atoms with E-state index < -0.39 is 11.3 Å². The van der Waals surface area contributed by atoms with Crippen molar-refractivity contribution in [2.24, 2.45) is 5.92 Å². The number of nitrogens with zero attached hydrogens (tertiary/aromatic N) is 2. The summed E-state index contributed by atoms with van der Waals surface area (Å²) < 4.78 is 11.1. The molecule has 0 saturated carbocycles. The van der Waals surface area contributed by atoms with Gasteiger partial charge in [0.1, 0.15) is 11.5 Å². The van der Waals surface area contributed by atoms with Crippen molar-refractivity contribution in [1.82, 2.24) is 15.4 Å². The number of carbonyl (C=O) groups is 1. The summed E-state index contributed by atoms with van der Waals surface area (Å²) in [5.74, 6) is 1.25. The molecule has 7 heteroatoms. The summed E-state index contributed by atoms with van der Waals surface area (Å²) in [5, 5.41) is 9.89. The number of hydrogen-bond acceptors (Lipinski definition) is 6. The predicted molar refractivity (Wildman–Crippen MR) is 105 cm³/mol. The molecule has 0 aliphatic carbocycles. The lowest BCUT2D eigenvalue weighted by Gasteiger charge is -2.31. The first-order chi connectivity index (χ1) is 13.4. The first-order valence-electron chi connectivity index (χ1n) is 8.92. The Kier molecular flexibility index (Phi) is 5.46. The number of methoxy groups -OCH3 is 1. The maximum absolute atomic E-state index is 12.2. The topological polar surface area (TPSA) is 93.6 Å². The second kappa shape index (κ2) is 7.82.